The zero-order chi connectivity index (χ0) is 12.6. The van der Waals surface area contributed by atoms with E-state index in [1.165, 1.54) is 0 Å². The highest BCUT2D eigenvalue weighted by atomic mass is 79.9. The van der Waals surface area contributed by atoms with E-state index >= 15 is 0 Å². The lowest BCUT2D eigenvalue weighted by atomic mass is 10.2. The smallest absolute Gasteiger partial charge is 0.126 e. The monoisotopic (exact) mass is 289 g/mol. The molecule has 0 bridgehead atoms. The second-order valence-corrected chi connectivity index (χ2v) is 4.72. The average Bonchev–Trinajstić information content (AvgIpc) is 2.52. The molecule has 2 aromatic rings. The fourth-order valence-electron chi connectivity index (χ4n) is 1.92. The molecule has 0 radical (unpaired) electrons. The second kappa shape index (κ2) is 4.27. The third-order valence-corrected chi connectivity index (χ3v) is 3.63. The van der Waals surface area contributed by atoms with Gasteiger partial charge >= 0.3 is 0 Å². The molecule has 0 fully saturated rings. The number of nitrogen functional groups attached to an aromatic ring is 1. The quantitative estimate of drug-likeness (QED) is 0.876. The number of para-hydroxylation sites is 1. The van der Waals surface area contributed by atoms with Crippen LogP contribution in [0.2, 0.25) is 0 Å². The Bertz CT molecular complexity index is 620. The van der Waals surface area contributed by atoms with Crippen molar-refractivity contribution in [1.29, 1.82) is 5.26 Å². The van der Waals surface area contributed by atoms with Crippen LogP contribution in [0.1, 0.15) is 16.8 Å². The first-order valence-corrected chi connectivity index (χ1v) is 5.99. The number of hydrogen-bond acceptors (Lipinski definition) is 2. The van der Waals surface area contributed by atoms with E-state index in [2.05, 4.69) is 22.0 Å². The van der Waals surface area contributed by atoms with Gasteiger partial charge in [0.15, 0.2) is 0 Å². The maximum atomic E-state index is 9.10. The van der Waals surface area contributed by atoms with Gasteiger partial charge in [-0.15, -0.1) is 0 Å². The lowest BCUT2D eigenvalue weighted by Crippen LogP contribution is -2.03. The molecule has 0 saturated heterocycles. The number of rotatable bonds is 1. The van der Waals surface area contributed by atoms with Crippen LogP contribution in [0.3, 0.4) is 0 Å². The number of nitrogens with two attached hydrogens (primary N) is 1. The van der Waals surface area contributed by atoms with Crippen LogP contribution in [0.15, 0.2) is 28.7 Å². The van der Waals surface area contributed by atoms with Crippen LogP contribution >= 0.6 is 15.9 Å². The summed E-state index contributed by atoms with van der Waals surface area (Å²) in [5, 5.41) is 9.10. The van der Waals surface area contributed by atoms with Gasteiger partial charge in [0.2, 0.25) is 0 Å². The molecule has 0 atom stereocenters. The van der Waals surface area contributed by atoms with E-state index < -0.39 is 0 Å². The molecule has 1 aromatic heterocycles. The van der Waals surface area contributed by atoms with Gasteiger partial charge in [0.1, 0.15) is 11.9 Å². The molecule has 0 aliphatic rings. The van der Waals surface area contributed by atoms with Gasteiger partial charge in [-0.25, -0.2) is 0 Å². The summed E-state index contributed by atoms with van der Waals surface area (Å²) in [5.74, 6) is 0.495. The van der Waals surface area contributed by atoms with Crippen molar-refractivity contribution in [3.63, 3.8) is 0 Å². The molecule has 1 heterocycles. The fourth-order valence-corrected chi connectivity index (χ4v) is 2.38. The number of anilines is 1. The van der Waals surface area contributed by atoms with Gasteiger partial charge in [-0.2, -0.15) is 5.26 Å². The summed E-state index contributed by atoms with van der Waals surface area (Å²) < 4.78 is 2.85. The molecule has 0 aliphatic carbocycles. The highest BCUT2D eigenvalue weighted by Gasteiger charge is 2.17. The van der Waals surface area contributed by atoms with Crippen molar-refractivity contribution in [2.45, 2.75) is 13.8 Å². The minimum Gasteiger partial charge on any atom is -0.384 e. The first kappa shape index (κ1) is 11.7. The van der Waals surface area contributed by atoms with E-state index in [-0.39, 0.29) is 0 Å². The van der Waals surface area contributed by atoms with Crippen LogP contribution in [0.4, 0.5) is 5.82 Å². The Morgan fingerprint density at radius 3 is 2.47 bits per heavy atom. The summed E-state index contributed by atoms with van der Waals surface area (Å²) in [6.45, 7) is 3.88. The van der Waals surface area contributed by atoms with E-state index in [0.717, 1.165) is 21.4 Å². The summed E-state index contributed by atoms with van der Waals surface area (Å²) in [6.07, 6.45) is 0. The first-order valence-electron chi connectivity index (χ1n) is 5.20. The molecule has 17 heavy (non-hydrogen) atoms. The summed E-state index contributed by atoms with van der Waals surface area (Å²) in [5.41, 5.74) is 9.46. The average molecular weight is 290 g/mol. The topological polar surface area (TPSA) is 54.7 Å². The summed E-state index contributed by atoms with van der Waals surface area (Å²) >= 11 is 3.50. The number of halogens is 1. The lowest BCUT2D eigenvalue weighted by Gasteiger charge is -2.10. The Kier molecular flexibility index (Phi) is 2.95. The zero-order valence-corrected chi connectivity index (χ0v) is 11.2. The van der Waals surface area contributed by atoms with Gasteiger partial charge in [0.05, 0.1) is 11.3 Å². The van der Waals surface area contributed by atoms with Crippen molar-refractivity contribution >= 4 is 21.7 Å². The Morgan fingerprint density at radius 1 is 1.29 bits per heavy atom. The molecule has 0 saturated carbocycles. The number of nitriles is 1. The molecule has 0 spiro atoms. The standard InChI is InChI=1S/C13H12BrN3/c1-8-9(2)17(13(16)10(8)7-15)12-6-4-3-5-11(12)14/h3-6H,16H2,1-2H3. The number of benzene rings is 1. The largest absolute Gasteiger partial charge is 0.384 e. The van der Waals surface area contributed by atoms with E-state index in [1.54, 1.807) is 0 Å². The molecule has 0 amide bonds. The maximum Gasteiger partial charge on any atom is 0.126 e. The van der Waals surface area contributed by atoms with Crippen LogP contribution in [0.25, 0.3) is 5.69 Å². The van der Waals surface area contributed by atoms with Gasteiger partial charge in [0.25, 0.3) is 0 Å². The van der Waals surface area contributed by atoms with Crippen LogP contribution < -0.4 is 5.73 Å². The molecular weight excluding hydrogens is 278 g/mol. The van der Waals surface area contributed by atoms with Gasteiger partial charge in [0, 0.05) is 10.2 Å². The molecule has 3 nitrogen and oxygen atoms in total. The van der Waals surface area contributed by atoms with E-state index in [9.17, 15) is 0 Å². The molecule has 2 rings (SSSR count). The second-order valence-electron chi connectivity index (χ2n) is 3.87. The van der Waals surface area contributed by atoms with Gasteiger partial charge in [-0.05, 0) is 47.5 Å². The minimum absolute atomic E-state index is 0.495. The molecular formula is C13H12BrN3. The molecule has 2 N–H and O–H groups in total. The van der Waals surface area contributed by atoms with Crippen LogP contribution in [-0.2, 0) is 0 Å². The summed E-state index contributed by atoms with van der Waals surface area (Å²) in [4.78, 5) is 0. The number of aromatic nitrogens is 1. The Morgan fingerprint density at radius 2 is 1.94 bits per heavy atom. The third kappa shape index (κ3) is 1.73. The van der Waals surface area contributed by atoms with Crippen molar-refractivity contribution < 1.29 is 0 Å². The Labute approximate surface area is 109 Å². The highest BCUT2D eigenvalue weighted by molar-refractivity contribution is 9.10. The predicted molar refractivity (Wildman–Crippen MR) is 72.1 cm³/mol. The predicted octanol–water partition coefficient (Wildman–Crippen LogP) is 3.31. The lowest BCUT2D eigenvalue weighted by molar-refractivity contribution is 1.01. The Hall–Kier alpha value is -1.73. The van der Waals surface area contributed by atoms with Crippen molar-refractivity contribution in [2.75, 3.05) is 5.73 Å². The third-order valence-electron chi connectivity index (χ3n) is 2.96. The highest BCUT2D eigenvalue weighted by Crippen LogP contribution is 2.30. The molecule has 4 heteroatoms. The molecule has 0 unspecified atom stereocenters. The van der Waals surface area contributed by atoms with Gasteiger partial charge in [-0.3, -0.25) is 4.57 Å². The molecule has 1 aromatic carbocycles. The van der Waals surface area contributed by atoms with Gasteiger partial charge < -0.3 is 5.73 Å². The van der Waals surface area contributed by atoms with Crippen molar-refractivity contribution in [3.8, 4) is 11.8 Å². The van der Waals surface area contributed by atoms with Gasteiger partial charge in [-0.1, -0.05) is 12.1 Å². The van der Waals surface area contributed by atoms with E-state index in [4.69, 9.17) is 11.0 Å². The minimum atomic E-state index is 0.495. The SMILES string of the molecule is Cc1c(C#N)c(N)n(-c2ccccc2Br)c1C. The van der Waals surface area contributed by atoms with Crippen LogP contribution in [0, 0.1) is 25.2 Å². The number of hydrogen-bond donors (Lipinski definition) is 1. The van der Waals surface area contributed by atoms with E-state index in [1.807, 2.05) is 42.7 Å². The van der Waals surface area contributed by atoms with Crippen molar-refractivity contribution in [2.24, 2.45) is 0 Å². The zero-order valence-electron chi connectivity index (χ0n) is 9.66. The summed E-state index contributed by atoms with van der Waals surface area (Å²) in [7, 11) is 0. The van der Waals surface area contributed by atoms with Crippen molar-refractivity contribution in [3.05, 3.63) is 45.6 Å². The van der Waals surface area contributed by atoms with Crippen LogP contribution in [0.5, 0.6) is 0 Å². The maximum absolute atomic E-state index is 9.10. The summed E-state index contributed by atoms with van der Waals surface area (Å²) in [6, 6.07) is 9.96. The normalized spacial score (nSPS) is 10.2. The number of nitrogens with zero attached hydrogens (tertiary/aromatic N) is 2. The fraction of sp³-hybridized carbons (Fsp3) is 0.154. The Balaban J connectivity index is 2.79. The van der Waals surface area contributed by atoms with E-state index in [0.29, 0.717) is 11.4 Å². The molecule has 86 valence electrons. The van der Waals surface area contributed by atoms with Crippen molar-refractivity contribution in [1.82, 2.24) is 4.57 Å². The molecule has 0 aliphatic heterocycles. The van der Waals surface area contributed by atoms with Crippen LogP contribution in [-0.4, -0.2) is 4.57 Å². The first-order chi connectivity index (χ1) is 8.07.